The van der Waals surface area contributed by atoms with Crippen LogP contribution in [0.25, 0.3) is 10.9 Å². The molecule has 0 bridgehead atoms. The smallest absolute Gasteiger partial charge is 0.356 e. The second-order valence-electron chi connectivity index (χ2n) is 6.07. The lowest BCUT2D eigenvalue weighted by Gasteiger charge is -2.09. The topological polar surface area (TPSA) is 120 Å². The number of nitrogens with one attached hydrogen (secondary N) is 3. The van der Waals surface area contributed by atoms with Crippen molar-refractivity contribution >= 4 is 26.9 Å². The Kier molecular flexibility index (Phi) is 5.74. The number of aromatic nitrogens is 1. The summed E-state index contributed by atoms with van der Waals surface area (Å²) >= 11 is 0. The Labute approximate surface area is 163 Å². The normalized spacial score (nSPS) is 12.1. The summed E-state index contributed by atoms with van der Waals surface area (Å²) in [7, 11) is -1.09. The van der Waals surface area contributed by atoms with Crippen LogP contribution in [0.4, 0.5) is 0 Å². The number of methoxy groups -OCH3 is 2. The lowest BCUT2D eigenvalue weighted by atomic mass is 10.1. The van der Waals surface area contributed by atoms with Gasteiger partial charge in [-0.25, -0.2) is 0 Å². The molecule has 0 spiro atoms. The molecule has 0 amide bonds. The maximum absolute atomic E-state index is 12.7. The summed E-state index contributed by atoms with van der Waals surface area (Å²) in [5, 5.41) is 1.13. The molecule has 1 aromatic heterocycles. The molecule has 2 aromatic carbocycles. The van der Waals surface area contributed by atoms with Crippen molar-refractivity contribution in [1.29, 1.82) is 0 Å². The number of para-hydroxylation sites is 1. The van der Waals surface area contributed by atoms with E-state index < -0.39 is 10.0 Å². The lowest BCUT2D eigenvalue weighted by molar-refractivity contribution is -0.458. The van der Waals surface area contributed by atoms with Crippen molar-refractivity contribution in [3.8, 4) is 11.5 Å². The van der Waals surface area contributed by atoms with Gasteiger partial charge in [-0.1, -0.05) is 18.2 Å². The molecule has 0 unspecified atom stereocenters. The predicted octanol–water partition coefficient (Wildman–Crippen LogP) is 0.101. The van der Waals surface area contributed by atoms with E-state index in [-0.39, 0.29) is 16.6 Å². The van der Waals surface area contributed by atoms with Crippen LogP contribution in [0.3, 0.4) is 0 Å². The van der Waals surface area contributed by atoms with E-state index >= 15 is 0 Å². The van der Waals surface area contributed by atoms with Crippen molar-refractivity contribution in [1.82, 2.24) is 9.71 Å². The van der Waals surface area contributed by atoms with Gasteiger partial charge in [0.1, 0.15) is 16.4 Å². The highest BCUT2D eigenvalue weighted by molar-refractivity contribution is 7.90. The number of guanidine groups is 1. The number of sulfonamides is 1. The van der Waals surface area contributed by atoms with Crippen LogP contribution in [0.1, 0.15) is 5.56 Å². The fourth-order valence-corrected chi connectivity index (χ4v) is 4.06. The van der Waals surface area contributed by atoms with Gasteiger partial charge in [0.2, 0.25) is 0 Å². The first-order valence-electron chi connectivity index (χ1n) is 8.60. The molecule has 8 nitrogen and oxygen atoms in total. The fraction of sp³-hybridized carbons (Fsp3) is 0.211. The van der Waals surface area contributed by atoms with Crippen LogP contribution >= 0.6 is 0 Å². The number of aromatic amines is 1. The number of H-pyrrole nitrogens is 1. The number of hydrogen-bond donors (Lipinski definition) is 4. The minimum atomic E-state index is -3.94. The number of benzene rings is 2. The number of rotatable bonds is 7. The van der Waals surface area contributed by atoms with Gasteiger partial charge in [0.05, 0.1) is 20.8 Å². The molecule has 1 heterocycles. The van der Waals surface area contributed by atoms with Gasteiger partial charge >= 0.3 is 16.0 Å². The van der Waals surface area contributed by atoms with E-state index in [9.17, 15) is 8.42 Å². The molecular weight excluding hydrogens is 380 g/mol. The molecule has 0 fully saturated rings. The zero-order valence-corrected chi connectivity index (χ0v) is 16.5. The van der Waals surface area contributed by atoms with Crippen LogP contribution in [0, 0.1) is 0 Å². The van der Waals surface area contributed by atoms with Gasteiger partial charge in [0, 0.05) is 29.6 Å². The maximum atomic E-state index is 12.7. The Balaban J connectivity index is 1.72. The summed E-state index contributed by atoms with van der Waals surface area (Å²) in [4.78, 5) is 6.04. The molecule has 28 heavy (non-hydrogen) atoms. The van der Waals surface area contributed by atoms with Crippen LogP contribution in [-0.4, -0.2) is 40.1 Å². The molecule has 0 saturated carbocycles. The largest absolute Gasteiger partial charge is 0.497 e. The summed E-state index contributed by atoms with van der Waals surface area (Å²) in [5.41, 5.74) is 8.02. The average molecular weight is 403 g/mol. The molecule has 0 atom stereocenters. The summed E-state index contributed by atoms with van der Waals surface area (Å²) in [5.74, 6) is 0.525. The van der Waals surface area contributed by atoms with Crippen molar-refractivity contribution in [3.05, 3.63) is 54.2 Å². The third-order valence-corrected chi connectivity index (χ3v) is 5.68. The van der Waals surface area contributed by atoms with Gasteiger partial charge in [0.25, 0.3) is 0 Å². The minimum absolute atomic E-state index is 0.0595. The Morgan fingerprint density at radius 3 is 2.71 bits per heavy atom. The van der Waals surface area contributed by atoms with E-state index in [1.807, 2.05) is 30.5 Å². The second kappa shape index (κ2) is 8.22. The SMILES string of the molecule is COc1ccc(OC)c(S(=O)(=O)NC(N)=[NH+]CCc2c[nH]c3ccccc23)c1. The van der Waals surface area contributed by atoms with Gasteiger partial charge in [-0.2, -0.15) is 13.1 Å². The summed E-state index contributed by atoms with van der Waals surface area (Å²) in [6.07, 6.45) is 2.61. The summed E-state index contributed by atoms with van der Waals surface area (Å²) < 4.78 is 37.9. The van der Waals surface area contributed by atoms with E-state index in [4.69, 9.17) is 15.2 Å². The van der Waals surface area contributed by atoms with Gasteiger partial charge in [-0.3, -0.25) is 10.7 Å². The van der Waals surface area contributed by atoms with E-state index in [0.717, 1.165) is 16.5 Å². The fourth-order valence-electron chi connectivity index (χ4n) is 2.90. The average Bonchev–Trinajstić information content (AvgIpc) is 3.10. The Hall–Kier alpha value is -3.20. The monoisotopic (exact) mass is 403 g/mol. The lowest BCUT2D eigenvalue weighted by Crippen LogP contribution is -2.79. The van der Waals surface area contributed by atoms with Crippen LogP contribution < -0.4 is 24.9 Å². The summed E-state index contributed by atoms with van der Waals surface area (Å²) in [6.45, 7) is 0.464. The van der Waals surface area contributed by atoms with Crippen molar-refractivity contribution in [2.24, 2.45) is 5.73 Å². The van der Waals surface area contributed by atoms with Gasteiger partial charge in [0.15, 0.2) is 0 Å². The highest BCUT2D eigenvalue weighted by Gasteiger charge is 2.25. The molecule has 0 aliphatic rings. The second-order valence-corrected chi connectivity index (χ2v) is 7.72. The van der Waals surface area contributed by atoms with Crippen LogP contribution in [-0.2, 0) is 16.4 Å². The quantitative estimate of drug-likeness (QED) is 0.329. The van der Waals surface area contributed by atoms with E-state index in [1.165, 1.54) is 26.4 Å². The molecule has 0 saturated heterocycles. The van der Waals surface area contributed by atoms with Crippen LogP contribution in [0.15, 0.2) is 53.6 Å². The highest BCUT2D eigenvalue weighted by Crippen LogP contribution is 2.27. The van der Waals surface area contributed by atoms with Gasteiger partial charge in [-0.15, -0.1) is 0 Å². The van der Waals surface area contributed by atoms with E-state index in [2.05, 4.69) is 14.7 Å². The molecule has 3 rings (SSSR count). The van der Waals surface area contributed by atoms with Crippen LogP contribution in [0.5, 0.6) is 11.5 Å². The van der Waals surface area contributed by atoms with Gasteiger partial charge < -0.3 is 14.5 Å². The first-order chi connectivity index (χ1) is 13.4. The Morgan fingerprint density at radius 2 is 1.96 bits per heavy atom. The molecule has 148 valence electrons. The number of hydrogen-bond acceptors (Lipinski definition) is 4. The first-order valence-corrected chi connectivity index (χ1v) is 10.1. The van der Waals surface area contributed by atoms with Crippen molar-refractivity contribution in [2.75, 3.05) is 20.8 Å². The number of nitrogens with two attached hydrogens (primary N) is 1. The molecule has 0 aliphatic heterocycles. The maximum Gasteiger partial charge on any atom is 0.356 e. The Bertz CT molecular complexity index is 1110. The molecular formula is C19H23N4O4S+. The van der Waals surface area contributed by atoms with Crippen molar-refractivity contribution in [3.63, 3.8) is 0 Å². The molecule has 9 heteroatoms. The van der Waals surface area contributed by atoms with Crippen LogP contribution in [0.2, 0.25) is 0 Å². The van der Waals surface area contributed by atoms with Gasteiger partial charge in [-0.05, 0) is 23.8 Å². The standard InChI is InChI=1S/C19H22N4O4S/c1-26-14-7-8-17(27-2)18(11-14)28(24,25)23-19(20)21-10-9-13-12-22-16-6-4-3-5-15(13)16/h3-8,11-12,22H,9-10H2,1-2H3,(H3,20,21,23)/p+1. The number of fused-ring (bicyclic) bond motifs is 1. The molecule has 0 radical (unpaired) electrons. The third-order valence-electron chi connectivity index (χ3n) is 4.29. The highest BCUT2D eigenvalue weighted by atomic mass is 32.2. The predicted molar refractivity (Wildman–Crippen MR) is 107 cm³/mol. The number of ether oxygens (including phenoxy) is 2. The zero-order chi connectivity index (χ0) is 20.1. The van der Waals surface area contributed by atoms with Crippen molar-refractivity contribution < 1.29 is 22.9 Å². The Morgan fingerprint density at radius 1 is 1.18 bits per heavy atom. The first kappa shape index (κ1) is 19.6. The molecule has 5 N–H and O–H groups in total. The van der Waals surface area contributed by atoms with E-state index in [1.54, 1.807) is 6.07 Å². The third kappa shape index (κ3) is 4.20. The molecule has 3 aromatic rings. The molecule has 0 aliphatic carbocycles. The van der Waals surface area contributed by atoms with Crippen molar-refractivity contribution in [2.45, 2.75) is 11.3 Å². The minimum Gasteiger partial charge on any atom is -0.497 e. The summed E-state index contributed by atoms with van der Waals surface area (Å²) in [6, 6.07) is 12.5. The zero-order valence-electron chi connectivity index (χ0n) is 15.7. The van der Waals surface area contributed by atoms with E-state index in [0.29, 0.717) is 18.7 Å².